The highest BCUT2D eigenvalue weighted by Crippen LogP contribution is 2.21. The van der Waals surface area contributed by atoms with Crippen molar-refractivity contribution in [3.05, 3.63) is 60.2 Å². The van der Waals surface area contributed by atoms with Crippen LogP contribution in [0.1, 0.15) is 19.4 Å². The van der Waals surface area contributed by atoms with Crippen molar-refractivity contribution in [3.63, 3.8) is 0 Å². The van der Waals surface area contributed by atoms with Gasteiger partial charge in [0, 0.05) is 0 Å². The maximum atomic E-state index is 2.30. The van der Waals surface area contributed by atoms with E-state index in [9.17, 15) is 0 Å². The predicted octanol–water partition coefficient (Wildman–Crippen LogP) is 4.55. The molecule has 16 heavy (non-hydrogen) atoms. The zero-order chi connectivity index (χ0) is 11.4. The zero-order valence-electron chi connectivity index (χ0n) is 9.98. The largest absolute Gasteiger partial charge is 0.0625 e. The molecule has 0 radical (unpaired) electrons. The lowest BCUT2D eigenvalue weighted by molar-refractivity contribution is 0.647. The Balaban J connectivity index is 2.29. The van der Waals surface area contributed by atoms with Gasteiger partial charge in [-0.2, -0.15) is 0 Å². The summed E-state index contributed by atoms with van der Waals surface area (Å²) in [6.45, 7) is 4.52. The maximum Gasteiger partial charge on any atom is -0.0181 e. The number of benzene rings is 2. The second-order valence-corrected chi connectivity index (χ2v) is 4.66. The van der Waals surface area contributed by atoms with E-state index in [-0.39, 0.29) is 0 Å². The van der Waals surface area contributed by atoms with Gasteiger partial charge in [0.05, 0.1) is 0 Å². The number of hydrogen-bond acceptors (Lipinski definition) is 0. The summed E-state index contributed by atoms with van der Waals surface area (Å²) >= 11 is 0. The van der Waals surface area contributed by atoms with Crippen LogP contribution in [0.5, 0.6) is 0 Å². The Kier molecular flexibility index (Phi) is 3.40. The Morgan fingerprint density at radius 2 is 1.50 bits per heavy atom. The summed E-state index contributed by atoms with van der Waals surface area (Å²) in [4.78, 5) is 0. The first-order valence-corrected chi connectivity index (χ1v) is 5.90. The third kappa shape index (κ3) is 2.73. The van der Waals surface area contributed by atoms with E-state index in [1.165, 1.54) is 16.7 Å². The maximum absolute atomic E-state index is 2.30. The van der Waals surface area contributed by atoms with Gasteiger partial charge in [0.25, 0.3) is 0 Å². The lowest BCUT2D eigenvalue weighted by Crippen LogP contribution is -1.93. The first-order chi connectivity index (χ1) is 7.75. The van der Waals surface area contributed by atoms with Gasteiger partial charge in [-0.3, -0.25) is 0 Å². The van der Waals surface area contributed by atoms with Crippen LogP contribution in [-0.4, -0.2) is 0 Å². The van der Waals surface area contributed by atoms with Gasteiger partial charge < -0.3 is 0 Å². The van der Waals surface area contributed by atoms with Crippen LogP contribution >= 0.6 is 0 Å². The van der Waals surface area contributed by atoms with Crippen LogP contribution in [-0.2, 0) is 6.42 Å². The second-order valence-electron chi connectivity index (χ2n) is 4.66. The zero-order valence-corrected chi connectivity index (χ0v) is 9.98. The summed E-state index contributed by atoms with van der Waals surface area (Å²) in [7, 11) is 0. The van der Waals surface area contributed by atoms with Gasteiger partial charge in [-0.05, 0) is 29.0 Å². The van der Waals surface area contributed by atoms with E-state index in [1.54, 1.807) is 0 Å². The predicted molar refractivity (Wildman–Crippen MR) is 70.4 cm³/mol. The van der Waals surface area contributed by atoms with Crippen LogP contribution in [0, 0.1) is 5.92 Å². The van der Waals surface area contributed by atoms with Crippen LogP contribution < -0.4 is 0 Å². The van der Waals surface area contributed by atoms with Gasteiger partial charge in [-0.15, -0.1) is 0 Å². The number of rotatable bonds is 3. The Labute approximate surface area is 97.9 Å². The molecular weight excluding hydrogens is 192 g/mol. The summed E-state index contributed by atoms with van der Waals surface area (Å²) in [6, 6.07) is 19.4. The molecule has 0 heterocycles. The molecule has 0 amide bonds. The Hall–Kier alpha value is -1.56. The fourth-order valence-corrected chi connectivity index (χ4v) is 1.98. The molecule has 0 unspecified atom stereocenters. The molecule has 82 valence electrons. The highest BCUT2D eigenvalue weighted by atomic mass is 14.1. The summed E-state index contributed by atoms with van der Waals surface area (Å²) in [5, 5.41) is 0. The molecule has 0 atom stereocenters. The molecule has 0 aliphatic heterocycles. The van der Waals surface area contributed by atoms with Crippen molar-refractivity contribution in [1.82, 2.24) is 0 Å². The molecule has 0 saturated carbocycles. The molecular formula is C16H18. The van der Waals surface area contributed by atoms with Crippen LogP contribution in [0.2, 0.25) is 0 Å². The van der Waals surface area contributed by atoms with Crippen molar-refractivity contribution >= 4 is 0 Å². The standard InChI is InChI=1S/C16H18/c1-13(2)11-14-7-6-10-16(12-14)15-8-4-3-5-9-15/h3-10,12-13H,11H2,1-2H3. The molecule has 0 N–H and O–H groups in total. The molecule has 0 fully saturated rings. The fraction of sp³-hybridized carbons (Fsp3) is 0.250. The van der Waals surface area contributed by atoms with Gasteiger partial charge in [0.1, 0.15) is 0 Å². The summed E-state index contributed by atoms with van der Waals surface area (Å²) in [5.41, 5.74) is 4.04. The minimum absolute atomic E-state index is 0.714. The molecule has 0 bridgehead atoms. The van der Waals surface area contributed by atoms with Crippen LogP contribution in [0.25, 0.3) is 11.1 Å². The third-order valence-corrected chi connectivity index (χ3v) is 2.68. The monoisotopic (exact) mass is 210 g/mol. The third-order valence-electron chi connectivity index (χ3n) is 2.68. The summed E-state index contributed by atoms with van der Waals surface area (Å²) in [5.74, 6) is 0.714. The van der Waals surface area contributed by atoms with E-state index in [4.69, 9.17) is 0 Å². The average Bonchev–Trinajstić information content (AvgIpc) is 2.30. The average molecular weight is 210 g/mol. The number of hydrogen-bond donors (Lipinski definition) is 0. The van der Waals surface area contributed by atoms with Gasteiger partial charge in [0.15, 0.2) is 0 Å². The first kappa shape index (κ1) is 10.9. The Morgan fingerprint density at radius 3 is 2.19 bits per heavy atom. The molecule has 0 heteroatoms. The molecule has 2 aromatic carbocycles. The van der Waals surface area contributed by atoms with Crippen molar-refractivity contribution in [2.24, 2.45) is 5.92 Å². The molecule has 0 nitrogen and oxygen atoms in total. The van der Waals surface area contributed by atoms with E-state index in [1.807, 2.05) is 0 Å². The normalized spacial score (nSPS) is 10.7. The van der Waals surface area contributed by atoms with Crippen molar-refractivity contribution in [3.8, 4) is 11.1 Å². The molecule has 2 rings (SSSR count). The van der Waals surface area contributed by atoms with Crippen LogP contribution in [0.15, 0.2) is 54.6 Å². The summed E-state index contributed by atoms with van der Waals surface area (Å²) < 4.78 is 0. The van der Waals surface area contributed by atoms with E-state index < -0.39 is 0 Å². The van der Waals surface area contributed by atoms with E-state index in [0.29, 0.717) is 5.92 Å². The molecule has 0 saturated heterocycles. The molecule has 0 aliphatic rings. The minimum Gasteiger partial charge on any atom is -0.0625 e. The summed E-state index contributed by atoms with van der Waals surface area (Å²) in [6.07, 6.45) is 1.15. The Bertz CT molecular complexity index is 441. The van der Waals surface area contributed by atoms with Gasteiger partial charge in [-0.1, -0.05) is 68.4 Å². The van der Waals surface area contributed by atoms with E-state index >= 15 is 0 Å². The molecule has 0 spiro atoms. The van der Waals surface area contributed by atoms with Crippen LogP contribution in [0.3, 0.4) is 0 Å². The van der Waals surface area contributed by atoms with Crippen molar-refractivity contribution < 1.29 is 0 Å². The lowest BCUT2D eigenvalue weighted by Gasteiger charge is -2.07. The lowest BCUT2D eigenvalue weighted by atomic mass is 9.98. The van der Waals surface area contributed by atoms with Gasteiger partial charge in [-0.25, -0.2) is 0 Å². The van der Waals surface area contributed by atoms with Crippen molar-refractivity contribution in [2.75, 3.05) is 0 Å². The van der Waals surface area contributed by atoms with E-state index in [0.717, 1.165) is 6.42 Å². The SMILES string of the molecule is CC(C)Cc1cccc(-c2ccccc2)c1. The molecule has 0 aromatic heterocycles. The minimum atomic E-state index is 0.714. The smallest absolute Gasteiger partial charge is 0.0181 e. The van der Waals surface area contributed by atoms with E-state index in [2.05, 4.69) is 68.4 Å². The fourth-order valence-electron chi connectivity index (χ4n) is 1.98. The van der Waals surface area contributed by atoms with Crippen LogP contribution in [0.4, 0.5) is 0 Å². The highest BCUT2D eigenvalue weighted by molar-refractivity contribution is 5.63. The highest BCUT2D eigenvalue weighted by Gasteiger charge is 2.00. The topological polar surface area (TPSA) is 0 Å². The first-order valence-electron chi connectivity index (χ1n) is 5.90. The molecule has 2 aromatic rings. The van der Waals surface area contributed by atoms with Gasteiger partial charge >= 0.3 is 0 Å². The Morgan fingerprint density at radius 1 is 0.812 bits per heavy atom. The molecule has 0 aliphatic carbocycles. The van der Waals surface area contributed by atoms with Gasteiger partial charge in [0.2, 0.25) is 0 Å². The quantitative estimate of drug-likeness (QED) is 0.697. The second kappa shape index (κ2) is 4.98. The van der Waals surface area contributed by atoms with Crippen molar-refractivity contribution in [1.29, 1.82) is 0 Å². The van der Waals surface area contributed by atoms with Crippen molar-refractivity contribution in [2.45, 2.75) is 20.3 Å².